The summed E-state index contributed by atoms with van der Waals surface area (Å²) in [6.45, 7) is 0.184. The molecule has 0 fully saturated rings. The van der Waals surface area contributed by atoms with Crippen LogP contribution in [0.2, 0.25) is 5.02 Å². The molecule has 1 atom stereocenters. The third-order valence-corrected chi connectivity index (χ3v) is 5.36. The first-order valence-corrected chi connectivity index (χ1v) is 9.55. The maximum atomic E-state index is 13.2. The third-order valence-electron chi connectivity index (χ3n) is 5.05. The molecule has 0 saturated heterocycles. The molecule has 1 aromatic carbocycles. The van der Waals surface area contributed by atoms with E-state index in [4.69, 9.17) is 16.3 Å². The number of hydrogen-bond acceptors (Lipinski definition) is 4. The van der Waals surface area contributed by atoms with Gasteiger partial charge in [0.2, 0.25) is 5.56 Å². The molecule has 1 amide bonds. The summed E-state index contributed by atoms with van der Waals surface area (Å²) in [4.78, 5) is 31.1. The van der Waals surface area contributed by atoms with Crippen LogP contribution in [-0.2, 0) is 11.7 Å². The summed E-state index contributed by atoms with van der Waals surface area (Å²) in [6, 6.07) is 9.19. The van der Waals surface area contributed by atoms with Gasteiger partial charge in [-0.15, -0.1) is 0 Å². The molecule has 3 heterocycles. The molecule has 3 aromatic rings. The second kappa shape index (κ2) is 7.73. The van der Waals surface area contributed by atoms with Gasteiger partial charge in [-0.05, 0) is 35.9 Å². The van der Waals surface area contributed by atoms with E-state index in [9.17, 15) is 22.8 Å². The SMILES string of the molecule is O=C(N[C@]1(c2ccc(C(F)(F)F)c(Cl)c2)CCOc2cccnc21)c1ccc(=O)[nH]c1. The Hall–Kier alpha value is -3.33. The predicted molar refractivity (Wildman–Crippen MR) is 106 cm³/mol. The first-order chi connectivity index (χ1) is 14.7. The van der Waals surface area contributed by atoms with Gasteiger partial charge in [0.1, 0.15) is 17.0 Å². The van der Waals surface area contributed by atoms with Gasteiger partial charge >= 0.3 is 6.18 Å². The predicted octanol–water partition coefficient (Wildman–Crippen LogP) is 3.90. The summed E-state index contributed by atoms with van der Waals surface area (Å²) in [6.07, 6.45) is -1.66. The summed E-state index contributed by atoms with van der Waals surface area (Å²) < 4.78 is 45.3. The van der Waals surface area contributed by atoms with Crippen molar-refractivity contribution in [3.63, 3.8) is 0 Å². The lowest BCUT2D eigenvalue weighted by Gasteiger charge is -2.39. The molecule has 4 rings (SSSR count). The Bertz CT molecular complexity index is 1190. The van der Waals surface area contributed by atoms with Gasteiger partial charge in [0.05, 0.1) is 22.8 Å². The van der Waals surface area contributed by atoms with Gasteiger partial charge in [0.15, 0.2) is 0 Å². The van der Waals surface area contributed by atoms with Gasteiger partial charge in [0, 0.05) is 24.9 Å². The van der Waals surface area contributed by atoms with Crippen LogP contribution in [0.15, 0.2) is 59.7 Å². The minimum absolute atomic E-state index is 0.168. The van der Waals surface area contributed by atoms with E-state index in [1.54, 1.807) is 12.1 Å². The first kappa shape index (κ1) is 20.9. The molecule has 0 bridgehead atoms. The van der Waals surface area contributed by atoms with Crippen LogP contribution >= 0.6 is 11.6 Å². The van der Waals surface area contributed by atoms with Crippen LogP contribution in [0.5, 0.6) is 5.75 Å². The zero-order chi connectivity index (χ0) is 22.2. The van der Waals surface area contributed by atoms with Crippen molar-refractivity contribution in [3.05, 3.63) is 92.6 Å². The second-order valence-corrected chi connectivity index (χ2v) is 7.35. The lowest BCUT2D eigenvalue weighted by atomic mass is 9.80. The Kier molecular flexibility index (Phi) is 5.22. The summed E-state index contributed by atoms with van der Waals surface area (Å²) in [5.74, 6) is -0.155. The van der Waals surface area contributed by atoms with Crippen molar-refractivity contribution < 1.29 is 22.7 Å². The van der Waals surface area contributed by atoms with Gasteiger partial charge in [-0.25, -0.2) is 0 Å². The van der Waals surface area contributed by atoms with E-state index in [1.165, 1.54) is 36.7 Å². The maximum absolute atomic E-state index is 13.2. The van der Waals surface area contributed by atoms with E-state index in [0.717, 1.165) is 6.07 Å². The van der Waals surface area contributed by atoms with E-state index >= 15 is 0 Å². The van der Waals surface area contributed by atoms with E-state index in [-0.39, 0.29) is 24.2 Å². The van der Waals surface area contributed by atoms with Crippen LogP contribution in [0.3, 0.4) is 0 Å². The number of carbonyl (C=O) groups is 1. The van der Waals surface area contributed by atoms with E-state index < -0.39 is 28.2 Å². The van der Waals surface area contributed by atoms with Crippen molar-refractivity contribution >= 4 is 17.5 Å². The number of hydrogen-bond donors (Lipinski definition) is 2. The zero-order valence-corrected chi connectivity index (χ0v) is 16.6. The fraction of sp³-hybridized carbons (Fsp3) is 0.190. The number of nitrogens with zero attached hydrogens (tertiary/aromatic N) is 1. The zero-order valence-electron chi connectivity index (χ0n) is 15.8. The molecular formula is C21H15ClF3N3O3. The molecule has 31 heavy (non-hydrogen) atoms. The van der Waals surface area contributed by atoms with E-state index in [0.29, 0.717) is 17.0 Å². The molecule has 1 aliphatic rings. The highest BCUT2D eigenvalue weighted by molar-refractivity contribution is 6.31. The first-order valence-electron chi connectivity index (χ1n) is 9.17. The average molecular weight is 450 g/mol. The van der Waals surface area contributed by atoms with Crippen molar-refractivity contribution in [2.24, 2.45) is 0 Å². The number of fused-ring (bicyclic) bond motifs is 1. The monoisotopic (exact) mass is 449 g/mol. The molecule has 0 spiro atoms. The van der Waals surface area contributed by atoms with Gasteiger partial charge in [-0.3, -0.25) is 14.6 Å². The van der Waals surface area contributed by atoms with Gasteiger partial charge in [-0.1, -0.05) is 17.7 Å². The summed E-state index contributed by atoms with van der Waals surface area (Å²) >= 11 is 5.97. The van der Waals surface area contributed by atoms with Crippen LogP contribution in [0, 0.1) is 0 Å². The van der Waals surface area contributed by atoms with Crippen LogP contribution < -0.4 is 15.6 Å². The van der Waals surface area contributed by atoms with Crippen LogP contribution in [-0.4, -0.2) is 22.5 Å². The highest BCUT2D eigenvalue weighted by Gasteiger charge is 2.43. The summed E-state index contributed by atoms with van der Waals surface area (Å²) in [5.41, 5.74) is -1.81. The molecular weight excluding hydrogens is 435 g/mol. The Balaban J connectivity index is 1.85. The Morgan fingerprint density at radius 3 is 2.71 bits per heavy atom. The molecule has 2 N–H and O–H groups in total. The van der Waals surface area contributed by atoms with Crippen molar-refractivity contribution in [2.75, 3.05) is 6.61 Å². The lowest BCUT2D eigenvalue weighted by molar-refractivity contribution is -0.137. The number of aromatic amines is 1. The van der Waals surface area contributed by atoms with Crippen LogP contribution in [0.1, 0.15) is 33.6 Å². The minimum Gasteiger partial charge on any atom is -0.491 e. The van der Waals surface area contributed by atoms with Gasteiger partial charge in [-0.2, -0.15) is 13.2 Å². The smallest absolute Gasteiger partial charge is 0.417 e. The van der Waals surface area contributed by atoms with Crippen molar-refractivity contribution in [1.82, 2.24) is 15.3 Å². The highest BCUT2D eigenvalue weighted by Crippen LogP contribution is 2.43. The number of alkyl halides is 3. The number of H-pyrrole nitrogens is 1. The molecule has 2 aromatic heterocycles. The van der Waals surface area contributed by atoms with E-state index in [2.05, 4.69) is 15.3 Å². The second-order valence-electron chi connectivity index (χ2n) is 6.94. The maximum Gasteiger partial charge on any atom is 0.417 e. The number of nitrogens with one attached hydrogen (secondary N) is 2. The quantitative estimate of drug-likeness (QED) is 0.635. The van der Waals surface area contributed by atoms with Crippen molar-refractivity contribution in [2.45, 2.75) is 18.1 Å². The highest BCUT2D eigenvalue weighted by atomic mass is 35.5. The molecule has 0 aliphatic carbocycles. The summed E-state index contributed by atoms with van der Waals surface area (Å²) in [5, 5.41) is 2.39. The molecule has 160 valence electrons. The number of amides is 1. The molecule has 10 heteroatoms. The fourth-order valence-electron chi connectivity index (χ4n) is 3.56. The third kappa shape index (κ3) is 3.88. The number of carbonyl (C=O) groups excluding carboxylic acids is 1. The molecule has 0 radical (unpaired) electrons. The standard InChI is InChI=1S/C21H15ClF3N3O3/c22-15-10-13(4-5-14(15)21(23,24)25)20(7-9-31-16-2-1-8-26-18(16)20)28-19(30)12-3-6-17(29)27-11-12/h1-6,8,10-11H,7,9H2,(H,27,29)(H,28,30)/t20-/m0/s1. The Labute approximate surface area is 179 Å². The van der Waals surface area contributed by atoms with Gasteiger partial charge in [0.25, 0.3) is 5.91 Å². The molecule has 0 unspecified atom stereocenters. The van der Waals surface area contributed by atoms with Crippen molar-refractivity contribution in [3.8, 4) is 5.75 Å². The number of ether oxygens (including phenoxy) is 1. The topological polar surface area (TPSA) is 84.1 Å². The van der Waals surface area contributed by atoms with Crippen LogP contribution in [0.25, 0.3) is 0 Å². The average Bonchev–Trinajstić information content (AvgIpc) is 2.73. The molecule has 1 aliphatic heterocycles. The largest absolute Gasteiger partial charge is 0.491 e. The molecule has 6 nitrogen and oxygen atoms in total. The normalized spacial score (nSPS) is 18.1. The van der Waals surface area contributed by atoms with Crippen LogP contribution in [0.4, 0.5) is 13.2 Å². The lowest BCUT2D eigenvalue weighted by Crippen LogP contribution is -2.50. The van der Waals surface area contributed by atoms with E-state index in [1.807, 2.05) is 0 Å². The summed E-state index contributed by atoms with van der Waals surface area (Å²) in [7, 11) is 0. The Morgan fingerprint density at radius 1 is 1.23 bits per heavy atom. The Morgan fingerprint density at radius 2 is 2.03 bits per heavy atom. The number of benzene rings is 1. The number of halogens is 4. The van der Waals surface area contributed by atoms with Gasteiger partial charge < -0.3 is 15.0 Å². The fourth-order valence-corrected chi connectivity index (χ4v) is 3.85. The number of rotatable bonds is 3. The van der Waals surface area contributed by atoms with Crippen molar-refractivity contribution in [1.29, 1.82) is 0 Å². The number of aromatic nitrogens is 2. The minimum atomic E-state index is -4.62. The molecule has 0 saturated carbocycles. The number of pyridine rings is 2.